The first kappa shape index (κ1) is 22.3. The average Bonchev–Trinajstić information content (AvgIpc) is 3.23. The minimum Gasteiger partial charge on any atom is -0.507 e. The molecule has 2 heterocycles. The van der Waals surface area contributed by atoms with Gasteiger partial charge in [-0.3, -0.25) is 0 Å². The molecular formula is C21H24FN7OS. The zero-order valence-electron chi connectivity index (χ0n) is 16.6. The second kappa shape index (κ2) is 10.1. The molecule has 0 amide bonds. The summed E-state index contributed by atoms with van der Waals surface area (Å²) < 4.78 is 11.9. The smallest absolute Gasteiger partial charge is 0.145 e. The maximum atomic E-state index is 11.9. The number of nitrogens with one attached hydrogen (secondary N) is 3. The number of hydrogen-bond donors (Lipinski definition) is 7. The van der Waals surface area contributed by atoms with E-state index in [1.807, 2.05) is 0 Å². The van der Waals surface area contributed by atoms with Gasteiger partial charge in [0, 0.05) is 40.8 Å². The third kappa shape index (κ3) is 5.41. The molecule has 3 aromatic rings. The van der Waals surface area contributed by atoms with Gasteiger partial charge in [-0.2, -0.15) is 0 Å². The Morgan fingerprint density at radius 3 is 2.71 bits per heavy atom. The zero-order chi connectivity index (χ0) is 22.4. The van der Waals surface area contributed by atoms with E-state index in [1.54, 1.807) is 24.3 Å². The van der Waals surface area contributed by atoms with E-state index in [2.05, 4.69) is 33.2 Å². The SMILES string of the molecule is FC1CCNC1.N=C/C(=C\N)c1cc(O)c2c(Nc3ccc(N)c(S)c3)ncnc2c1. The third-order valence-electron chi connectivity index (χ3n) is 4.68. The molecule has 1 aliphatic heterocycles. The number of benzene rings is 2. The number of nitrogen functional groups attached to an aromatic ring is 1. The molecule has 0 aliphatic carbocycles. The number of phenolic OH excluding ortho intramolecular Hbond substituents is 1. The molecule has 1 fully saturated rings. The molecule has 0 saturated carbocycles. The quantitative estimate of drug-likeness (QED) is 0.187. The number of thiol groups is 1. The molecule has 10 heteroatoms. The molecule has 0 spiro atoms. The number of phenols is 1. The number of halogens is 1. The van der Waals surface area contributed by atoms with Crippen LogP contribution in [0, 0.1) is 5.41 Å². The lowest BCUT2D eigenvalue weighted by molar-refractivity contribution is 0.361. The number of hydrogen-bond acceptors (Lipinski definition) is 9. The van der Waals surface area contributed by atoms with E-state index in [0.29, 0.717) is 51.4 Å². The fourth-order valence-corrected chi connectivity index (χ4v) is 3.25. The Balaban J connectivity index is 0.000000391. The van der Waals surface area contributed by atoms with Gasteiger partial charge in [-0.25, -0.2) is 14.4 Å². The summed E-state index contributed by atoms with van der Waals surface area (Å²) in [5, 5.41) is 24.3. The molecule has 1 aliphatic rings. The summed E-state index contributed by atoms with van der Waals surface area (Å²) in [4.78, 5) is 9.04. The third-order valence-corrected chi connectivity index (χ3v) is 5.07. The lowest BCUT2D eigenvalue weighted by Crippen LogP contribution is -2.08. The Kier molecular flexibility index (Phi) is 7.27. The number of nitrogens with zero attached hydrogens (tertiary/aromatic N) is 2. The monoisotopic (exact) mass is 441 g/mol. The van der Waals surface area contributed by atoms with E-state index in [-0.39, 0.29) is 5.75 Å². The first-order valence-corrected chi connectivity index (χ1v) is 9.98. The van der Waals surface area contributed by atoms with Crippen LogP contribution in [0.25, 0.3) is 16.5 Å². The van der Waals surface area contributed by atoms with E-state index in [0.717, 1.165) is 18.4 Å². The first-order valence-electron chi connectivity index (χ1n) is 9.53. The second-order valence-corrected chi connectivity index (χ2v) is 7.35. The number of aromatic nitrogens is 2. The number of allylic oxidation sites excluding steroid dienone is 1. The summed E-state index contributed by atoms with van der Waals surface area (Å²) in [5.74, 6) is 0.429. The van der Waals surface area contributed by atoms with Gasteiger partial charge in [0.25, 0.3) is 0 Å². The summed E-state index contributed by atoms with van der Waals surface area (Å²) in [6.07, 6.45) is 3.95. The van der Waals surface area contributed by atoms with Crippen LogP contribution in [0.4, 0.5) is 21.6 Å². The summed E-state index contributed by atoms with van der Waals surface area (Å²) >= 11 is 4.30. The fourth-order valence-electron chi connectivity index (χ4n) is 3.04. The number of rotatable bonds is 4. The fraction of sp³-hybridized carbons (Fsp3) is 0.190. The predicted molar refractivity (Wildman–Crippen MR) is 126 cm³/mol. The number of aromatic hydroxyl groups is 1. The van der Waals surface area contributed by atoms with Gasteiger partial charge in [0.1, 0.15) is 24.1 Å². The van der Waals surface area contributed by atoms with Gasteiger partial charge in [-0.1, -0.05) is 0 Å². The summed E-state index contributed by atoms with van der Waals surface area (Å²) in [6.45, 7) is 1.43. The minimum absolute atomic E-state index is 0.0154. The highest BCUT2D eigenvalue weighted by Gasteiger charge is 2.13. The molecule has 162 valence electrons. The summed E-state index contributed by atoms with van der Waals surface area (Å²) in [6, 6.07) is 8.54. The predicted octanol–water partition coefficient (Wildman–Crippen LogP) is 3.22. The Bertz CT molecular complexity index is 1120. The van der Waals surface area contributed by atoms with Gasteiger partial charge in [0.05, 0.1) is 10.9 Å². The molecule has 0 bridgehead atoms. The average molecular weight is 442 g/mol. The van der Waals surface area contributed by atoms with Crippen LogP contribution in [0.2, 0.25) is 0 Å². The molecule has 0 radical (unpaired) electrons. The van der Waals surface area contributed by atoms with Crippen molar-refractivity contribution >= 4 is 52.5 Å². The van der Waals surface area contributed by atoms with E-state index >= 15 is 0 Å². The molecule has 4 rings (SSSR count). The van der Waals surface area contributed by atoms with Crippen LogP contribution in [0.3, 0.4) is 0 Å². The number of alkyl halides is 1. The molecule has 2 aromatic carbocycles. The molecule has 31 heavy (non-hydrogen) atoms. The van der Waals surface area contributed by atoms with Crippen LogP contribution in [0.15, 0.2) is 47.8 Å². The highest BCUT2D eigenvalue weighted by Crippen LogP contribution is 2.34. The molecule has 1 unspecified atom stereocenters. The van der Waals surface area contributed by atoms with Gasteiger partial charge >= 0.3 is 0 Å². The van der Waals surface area contributed by atoms with Crippen molar-refractivity contribution in [2.24, 2.45) is 5.73 Å². The maximum absolute atomic E-state index is 11.9. The Morgan fingerprint density at radius 2 is 2.13 bits per heavy atom. The van der Waals surface area contributed by atoms with Gasteiger partial charge < -0.3 is 32.6 Å². The van der Waals surface area contributed by atoms with Crippen LogP contribution >= 0.6 is 12.6 Å². The summed E-state index contributed by atoms with van der Waals surface area (Å²) in [7, 11) is 0. The number of nitrogens with two attached hydrogens (primary N) is 2. The standard InChI is InChI=1S/C17H16N6OS.C4H8FN/c18-6-10(7-19)9-3-13-16(14(24)4-9)17(22-8-21-13)23-11-1-2-12(20)15(25)5-11;5-4-1-2-6-3-4/h1-8,18,24-25H,19-20H2,(H,21,22,23);4,6H,1-3H2/b10-7+,18-6?;. The minimum atomic E-state index is -0.565. The zero-order valence-corrected chi connectivity index (χ0v) is 17.5. The Labute approximate surface area is 184 Å². The van der Waals surface area contributed by atoms with E-state index in [9.17, 15) is 9.50 Å². The van der Waals surface area contributed by atoms with Crippen molar-refractivity contribution in [3.8, 4) is 5.75 Å². The van der Waals surface area contributed by atoms with E-state index in [4.69, 9.17) is 16.9 Å². The molecule has 8 nitrogen and oxygen atoms in total. The Morgan fingerprint density at radius 1 is 1.32 bits per heavy atom. The van der Waals surface area contributed by atoms with Gasteiger partial charge in [0.2, 0.25) is 0 Å². The van der Waals surface area contributed by atoms with Crippen LogP contribution < -0.4 is 22.1 Å². The van der Waals surface area contributed by atoms with Crippen LogP contribution in [0.5, 0.6) is 5.75 Å². The van der Waals surface area contributed by atoms with Crippen molar-refractivity contribution in [2.75, 3.05) is 24.1 Å². The molecule has 1 saturated heterocycles. The van der Waals surface area contributed by atoms with Crippen molar-refractivity contribution in [3.05, 3.63) is 48.4 Å². The second-order valence-electron chi connectivity index (χ2n) is 6.87. The van der Waals surface area contributed by atoms with E-state index in [1.165, 1.54) is 18.6 Å². The van der Waals surface area contributed by atoms with Crippen molar-refractivity contribution < 1.29 is 9.50 Å². The lowest BCUT2D eigenvalue weighted by atomic mass is 10.0. The number of anilines is 3. The van der Waals surface area contributed by atoms with Crippen molar-refractivity contribution in [1.29, 1.82) is 5.41 Å². The highest BCUT2D eigenvalue weighted by molar-refractivity contribution is 7.80. The first-order chi connectivity index (χ1) is 14.9. The van der Waals surface area contributed by atoms with Gasteiger partial charge in [0.15, 0.2) is 0 Å². The molecule has 1 aromatic heterocycles. The van der Waals surface area contributed by atoms with Crippen LogP contribution in [-0.2, 0) is 0 Å². The Hall–Kier alpha value is -3.37. The largest absolute Gasteiger partial charge is 0.507 e. The van der Waals surface area contributed by atoms with Crippen molar-refractivity contribution in [1.82, 2.24) is 15.3 Å². The normalized spacial score (nSPS) is 15.9. The lowest BCUT2D eigenvalue weighted by Gasteiger charge is -2.12. The van der Waals surface area contributed by atoms with Gasteiger partial charge in [-0.15, -0.1) is 12.6 Å². The number of fused-ring (bicyclic) bond motifs is 1. The van der Waals surface area contributed by atoms with Crippen LogP contribution in [-0.4, -0.2) is 40.6 Å². The van der Waals surface area contributed by atoms with E-state index < -0.39 is 6.17 Å². The topological polar surface area (TPSA) is 146 Å². The summed E-state index contributed by atoms with van der Waals surface area (Å²) in [5.41, 5.74) is 14.2. The molecular weight excluding hydrogens is 417 g/mol. The van der Waals surface area contributed by atoms with Crippen molar-refractivity contribution in [2.45, 2.75) is 17.5 Å². The maximum Gasteiger partial charge on any atom is 0.145 e. The van der Waals surface area contributed by atoms with Gasteiger partial charge in [-0.05, 0) is 48.9 Å². The molecule has 1 atom stereocenters. The van der Waals surface area contributed by atoms with Crippen LogP contribution in [0.1, 0.15) is 12.0 Å². The molecule has 8 N–H and O–H groups in total. The van der Waals surface area contributed by atoms with Crippen molar-refractivity contribution in [3.63, 3.8) is 0 Å². The highest BCUT2D eigenvalue weighted by atomic mass is 32.1.